The topological polar surface area (TPSA) is 60.3 Å². The number of amides is 1. The zero-order valence-electron chi connectivity index (χ0n) is 16.7. The van der Waals surface area contributed by atoms with Crippen molar-refractivity contribution in [1.29, 1.82) is 0 Å². The molecule has 1 aromatic heterocycles. The van der Waals surface area contributed by atoms with Crippen LogP contribution in [0.15, 0.2) is 60.8 Å². The van der Waals surface area contributed by atoms with Crippen LogP contribution in [-0.2, 0) is 16.1 Å². The lowest BCUT2D eigenvalue weighted by atomic mass is 10.1. The molecule has 0 radical (unpaired) electrons. The van der Waals surface area contributed by atoms with Crippen molar-refractivity contribution in [2.75, 3.05) is 11.9 Å². The van der Waals surface area contributed by atoms with E-state index in [0.717, 1.165) is 5.56 Å². The second-order valence-corrected chi connectivity index (χ2v) is 7.37. The monoisotopic (exact) mass is 428 g/mol. The summed E-state index contributed by atoms with van der Waals surface area (Å²) in [7, 11) is 0. The lowest BCUT2D eigenvalue weighted by Gasteiger charge is -2.13. The number of alkyl halides is 1. The minimum absolute atomic E-state index is 0.171. The largest absolute Gasteiger partial charge is 0.461 e. The van der Waals surface area contributed by atoms with Gasteiger partial charge < -0.3 is 14.6 Å². The number of hydrogen-bond acceptors (Lipinski definition) is 3. The average Bonchev–Trinajstić information content (AvgIpc) is 3.06. The van der Waals surface area contributed by atoms with Crippen LogP contribution < -0.4 is 5.32 Å². The summed E-state index contributed by atoms with van der Waals surface area (Å²) in [5, 5.41) is 1.91. The Kier molecular flexibility index (Phi) is 6.90. The fourth-order valence-electron chi connectivity index (χ4n) is 3.10. The van der Waals surface area contributed by atoms with Crippen LogP contribution in [0.1, 0.15) is 29.9 Å². The van der Waals surface area contributed by atoms with Crippen molar-refractivity contribution < 1.29 is 18.7 Å². The van der Waals surface area contributed by atoms with Crippen LogP contribution in [0.25, 0.3) is 11.1 Å². The molecule has 1 heterocycles. The number of carbonyl (C=O) groups excluding carboxylic acids is 2. The first-order chi connectivity index (χ1) is 14.4. The Morgan fingerprint density at radius 1 is 1.17 bits per heavy atom. The van der Waals surface area contributed by atoms with Crippen molar-refractivity contribution in [3.63, 3.8) is 0 Å². The van der Waals surface area contributed by atoms with Crippen LogP contribution in [0, 0.1) is 5.82 Å². The first-order valence-corrected chi connectivity index (χ1v) is 9.99. The van der Waals surface area contributed by atoms with Crippen molar-refractivity contribution in [3.8, 4) is 11.1 Å². The standard InChI is InChI=1S/C23H22ClFN2O3/c1-3-30-23(29)21-20(26-22(28)15(2)24)19(17-10-7-11-18(25)12-17)14-27(21)13-16-8-5-4-6-9-16/h4-12,14-15H,3,13H2,1-2H3,(H,26,28)/t15-/m1/s1. The molecule has 1 atom stereocenters. The molecule has 1 amide bonds. The number of halogens is 2. The minimum atomic E-state index is -0.821. The number of nitrogens with zero attached hydrogens (tertiary/aromatic N) is 1. The number of aromatic nitrogens is 1. The number of benzene rings is 2. The summed E-state index contributed by atoms with van der Waals surface area (Å²) in [4.78, 5) is 25.2. The quantitative estimate of drug-likeness (QED) is 0.421. The predicted octanol–water partition coefficient (Wildman–Crippen LogP) is 5.09. The number of rotatable bonds is 7. The molecule has 0 aliphatic carbocycles. The van der Waals surface area contributed by atoms with Crippen molar-refractivity contribution in [2.24, 2.45) is 0 Å². The van der Waals surface area contributed by atoms with E-state index in [1.165, 1.54) is 19.1 Å². The maximum absolute atomic E-state index is 13.9. The summed E-state index contributed by atoms with van der Waals surface area (Å²) in [5.41, 5.74) is 2.38. The zero-order chi connectivity index (χ0) is 21.7. The van der Waals surface area contributed by atoms with Gasteiger partial charge >= 0.3 is 5.97 Å². The summed E-state index contributed by atoms with van der Waals surface area (Å²) >= 11 is 5.94. The Morgan fingerprint density at radius 2 is 1.90 bits per heavy atom. The van der Waals surface area contributed by atoms with Gasteiger partial charge in [-0.1, -0.05) is 42.5 Å². The fraction of sp³-hybridized carbons (Fsp3) is 0.217. The van der Waals surface area contributed by atoms with Crippen molar-refractivity contribution in [3.05, 3.63) is 77.9 Å². The van der Waals surface area contributed by atoms with Crippen molar-refractivity contribution in [1.82, 2.24) is 4.57 Å². The molecule has 2 aromatic carbocycles. The van der Waals surface area contributed by atoms with E-state index < -0.39 is 23.1 Å². The molecule has 0 saturated carbocycles. The smallest absolute Gasteiger partial charge is 0.357 e. The van der Waals surface area contributed by atoms with Gasteiger partial charge in [-0.15, -0.1) is 11.6 Å². The number of ether oxygens (including phenoxy) is 1. The summed E-state index contributed by atoms with van der Waals surface area (Å²) in [5.74, 6) is -1.49. The van der Waals surface area contributed by atoms with Gasteiger partial charge in [-0.05, 0) is 37.1 Å². The molecule has 1 N–H and O–H groups in total. The highest BCUT2D eigenvalue weighted by Gasteiger charge is 2.26. The van der Waals surface area contributed by atoms with E-state index in [1.807, 2.05) is 30.3 Å². The van der Waals surface area contributed by atoms with E-state index in [0.29, 0.717) is 17.7 Å². The number of hydrogen-bond donors (Lipinski definition) is 1. The second kappa shape index (κ2) is 9.59. The molecule has 0 aliphatic rings. The molecule has 3 aromatic rings. The number of esters is 1. The van der Waals surface area contributed by atoms with Gasteiger partial charge in [0, 0.05) is 18.3 Å². The fourth-order valence-corrected chi connectivity index (χ4v) is 3.16. The molecule has 0 fully saturated rings. The Labute approximate surface area is 179 Å². The molecule has 0 bridgehead atoms. The number of nitrogens with one attached hydrogen (secondary N) is 1. The molecule has 0 spiro atoms. The van der Waals surface area contributed by atoms with Gasteiger partial charge in [-0.2, -0.15) is 0 Å². The molecule has 156 valence electrons. The molecule has 0 saturated heterocycles. The Bertz CT molecular complexity index is 1050. The van der Waals surface area contributed by atoms with E-state index in [-0.39, 0.29) is 18.0 Å². The molecular formula is C23H22ClFN2O3. The summed E-state index contributed by atoms with van der Waals surface area (Å²) in [6, 6.07) is 15.5. The Morgan fingerprint density at radius 3 is 2.53 bits per heavy atom. The van der Waals surface area contributed by atoms with E-state index in [4.69, 9.17) is 16.3 Å². The van der Waals surface area contributed by atoms with E-state index in [2.05, 4.69) is 5.32 Å². The number of anilines is 1. The summed E-state index contributed by atoms with van der Waals surface area (Å²) in [6.07, 6.45) is 1.71. The molecule has 7 heteroatoms. The number of carbonyl (C=O) groups is 2. The molecule has 30 heavy (non-hydrogen) atoms. The average molecular weight is 429 g/mol. The first kappa shape index (κ1) is 21.6. The van der Waals surface area contributed by atoms with E-state index in [9.17, 15) is 14.0 Å². The lowest BCUT2D eigenvalue weighted by Crippen LogP contribution is -2.23. The van der Waals surface area contributed by atoms with Crippen LogP contribution in [0.2, 0.25) is 0 Å². The SMILES string of the molecule is CCOC(=O)c1c(NC(=O)[C@@H](C)Cl)c(-c2cccc(F)c2)cn1Cc1ccccc1. The highest BCUT2D eigenvalue weighted by Crippen LogP contribution is 2.35. The molecular weight excluding hydrogens is 407 g/mol. The van der Waals surface area contributed by atoms with Gasteiger partial charge in [0.05, 0.1) is 12.3 Å². The van der Waals surface area contributed by atoms with Gasteiger partial charge in [0.15, 0.2) is 5.69 Å². The third-order valence-corrected chi connectivity index (χ3v) is 4.69. The maximum atomic E-state index is 13.9. The van der Waals surface area contributed by atoms with E-state index in [1.54, 1.807) is 29.8 Å². The van der Waals surface area contributed by atoms with Gasteiger partial charge in [0.1, 0.15) is 11.2 Å². The van der Waals surface area contributed by atoms with Gasteiger partial charge in [-0.25, -0.2) is 9.18 Å². The third kappa shape index (κ3) is 4.89. The van der Waals surface area contributed by atoms with Crippen molar-refractivity contribution in [2.45, 2.75) is 25.8 Å². The van der Waals surface area contributed by atoms with Crippen LogP contribution in [0.3, 0.4) is 0 Å². The Balaban J connectivity index is 2.20. The second-order valence-electron chi connectivity index (χ2n) is 6.72. The van der Waals surface area contributed by atoms with Gasteiger partial charge in [0.25, 0.3) is 0 Å². The zero-order valence-corrected chi connectivity index (χ0v) is 17.4. The summed E-state index contributed by atoms with van der Waals surface area (Å²) < 4.78 is 20.8. The molecule has 3 rings (SSSR count). The highest BCUT2D eigenvalue weighted by molar-refractivity contribution is 6.32. The molecule has 0 unspecified atom stereocenters. The molecule has 0 aliphatic heterocycles. The predicted molar refractivity (Wildman–Crippen MR) is 115 cm³/mol. The highest BCUT2D eigenvalue weighted by atomic mass is 35.5. The third-order valence-electron chi connectivity index (χ3n) is 4.49. The van der Waals surface area contributed by atoms with Crippen LogP contribution in [-0.4, -0.2) is 28.4 Å². The van der Waals surface area contributed by atoms with Gasteiger partial charge in [0.2, 0.25) is 5.91 Å². The van der Waals surface area contributed by atoms with E-state index >= 15 is 0 Å². The van der Waals surface area contributed by atoms with Crippen molar-refractivity contribution >= 4 is 29.2 Å². The van der Waals surface area contributed by atoms with Gasteiger partial charge in [-0.3, -0.25) is 4.79 Å². The lowest BCUT2D eigenvalue weighted by molar-refractivity contribution is -0.115. The van der Waals surface area contributed by atoms with Crippen LogP contribution >= 0.6 is 11.6 Å². The normalized spacial score (nSPS) is 11.7. The first-order valence-electron chi connectivity index (χ1n) is 9.55. The summed E-state index contributed by atoms with van der Waals surface area (Å²) in [6.45, 7) is 3.77. The van der Waals surface area contributed by atoms with Crippen LogP contribution in [0.4, 0.5) is 10.1 Å². The molecule has 5 nitrogen and oxygen atoms in total. The maximum Gasteiger partial charge on any atom is 0.357 e. The minimum Gasteiger partial charge on any atom is -0.461 e. The van der Waals surface area contributed by atoms with Crippen LogP contribution in [0.5, 0.6) is 0 Å². The Hall–Kier alpha value is -3.12.